The van der Waals surface area contributed by atoms with E-state index >= 15 is 0 Å². The zero-order valence-corrected chi connectivity index (χ0v) is 14.4. The predicted octanol–water partition coefficient (Wildman–Crippen LogP) is 4.50. The average Bonchev–Trinajstić information content (AvgIpc) is 2.97. The number of rotatable bonds is 5. The normalized spacial score (nSPS) is 10.8. The summed E-state index contributed by atoms with van der Waals surface area (Å²) in [5.74, 6) is 0.431. The third kappa shape index (κ3) is 3.74. The number of carbonyl (C=O) groups is 1. The number of nitrogens with zero attached hydrogens (tertiary/aromatic N) is 1. The molecule has 0 aliphatic rings. The van der Waals surface area contributed by atoms with Crippen LogP contribution in [-0.4, -0.2) is 31.0 Å². The van der Waals surface area contributed by atoms with Gasteiger partial charge in [0.25, 0.3) is 5.91 Å². The molecule has 24 heavy (non-hydrogen) atoms. The van der Waals surface area contributed by atoms with Crippen LogP contribution in [0.5, 0.6) is 5.75 Å². The third-order valence-electron chi connectivity index (χ3n) is 3.72. The lowest BCUT2D eigenvalue weighted by molar-refractivity contribution is 0.0778. The summed E-state index contributed by atoms with van der Waals surface area (Å²) in [6, 6.07) is 14.2. The minimum atomic E-state index is -0.289. The molecular formula is C19H18FNO2S. The Hall–Kier alpha value is -2.40. The van der Waals surface area contributed by atoms with Gasteiger partial charge in [-0.15, -0.1) is 11.3 Å². The molecule has 0 saturated heterocycles. The minimum absolute atomic E-state index is 0.0792. The summed E-state index contributed by atoms with van der Waals surface area (Å²) in [5, 5.41) is 0.883. The molecule has 3 rings (SSSR count). The Bertz CT molecular complexity index is 875. The van der Waals surface area contributed by atoms with Crippen molar-refractivity contribution in [2.45, 2.75) is 6.92 Å². The Balaban J connectivity index is 1.61. The van der Waals surface area contributed by atoms with E-state index in [9.17, 15) is 9.18 Å². The van der Waals surface area contributed by atoms with Crippen LogP contribution in [0.25, 0.3) is 10.1 Å². The average molecular weight is 343 g/mol. The third-order valence-corrected chi connectivity index (χ3v) is 4.81. The van der Waals surface area contributed by atoms with Crippen LogP contribution in [0.1, 0.15) is 15.2 Å². The molecule has 0 aliphatic heterocycles. The van der Waals surface area contributed by atoms with Gasteiger partial charge in [0, 0.05) is 11.7 Å². The number of aryl methyl sites for hydroxylation is 1. The summed E-state index contributed by atoms with van der Waals surface area (Å²) in [6.07, 6.45) is 0. The molecule has 0 aliphatic carbocycles. The lowest BCUT2D eigenvalue weighted by Gasteiger charge is -2.16. The van der Waals surface area contributed by atoms with Gasteiger partial charge in [0.1, 0.15) is 18.2 Å². The Morgan fingerprint density at radius 3 is 2.83 bits per heavy atom. The zero-order valence-electron chi connectivity index (χ0n) is 13.6. The lowest BCUT2D eigenvalue weighted by Crippen LogP contribution is -2.30. The number of likely N-dealkylation sites (N-methyl/N-ethyl adjacent to an activating group) is 1. The van der Waals surface area contributed by atoms with Crippen molar-refractivity contribution in [1.82, 2.24) is 4.90 Å². The summed E-state index contributed by atoms with van der Waals surface area (Å²) >= 11 is 1.31. The van der Waals surface area contributed by atoms with Crippen LogP contribution in [0, 0.1) is 12.7 Å². The number of halogens is 1. The van der Waals surface area contributed by atoms with Crippen molar-refractivity contribution in [2.24, 2.45) is 0 Å². The first kappa shape index (κ1) is 16.5. The molecule has 0 bridgehead atoms. The Morgan fingerprint density at radius 2 is 2.04 bits per heavy atom. The van der Waals surface area contributed by atoms with Crippen molar-refractivity contribution >= 4 is 27.3 Å². The highest BCUT2D eigenvalue weighted by molar-refractivity contribution is 7.20. The van der Waals surface area contributed by atoms with Gasteiger partial charge in [-0.05, 0) is 48.2 Å². The van der Waals surface area contributed by atoms with Crippen LogP contribution in [0.3, 0.4) is 0 Å². The number of hydrogen-bond donors (Lipinski definition) is 0. The van der Waals surface area contributed by atoms with E-state index in [1.165, 1.54) is 23.5 Å². The summed E-state index contributed by atoms with van der Waals surface area (Å²) in [6.45, 7) is 2.91. The van der Waals surface area contributed by atoms with E-state index in [1.54, 1.807) is 24.1 Å². The SMILES string of the molecule is Cc1cccc(OCCN(C)C(=O)c2cc3ccc(F)cc3s2)c1. The molecule has 0 saturated carbocycles. The molecule has 3 aromatic rings. The van der Waals surface area contributed by atoms with Crippen molar-refractivity contribution in [3.05, 3.63) is 64.8 Å². The Kier molecular flexibility index (Phi) is 4.81. The van der Waals surface area contributed by atoms with E-state index < -0.39 is 0 Å². The van der Waals surface area contributed by atoms with Crippen LogP contribution >= 0.6 is 11.3 Å². The highest BCUT2D eigenvalue weighted by Crippen LogP contribution is 2.27. The Labute approximate surface area is 144 Å². The van der Waals surface area contributed by atoms with Gasteiger partial charge in [0.15, 0.2) is 0 Å². The molecule has 1 heterocycles. The number of benzene rings is 2. The van der Waals surface area contributed by atoms with Gasteiger partial charge in [0.2, 0.25) is 0 Å². The molecule has 5 heteroatoms. The molecule has 1 aromatic heterocycles. The summed E-state index contributed by atoms with van der Waals surface area (Å²) in [7, 11) is 1.74. The monoisotopic (exact) mass is 343 g/mol. The largest absolute Gasteiger partial charge is 0.492 e. The van der Waals surface area contributed by atoms with Crippen molar-refractivity contribution in [3.63, 3.8) is 0 Å². The summed E-state index contributed by atoms with van der Waals surface area (Å²) in [5.41, 5.74) is 1.13. The first-order valence-corrected chi connectivity index (χ1v) is 8.48. The zero-order chi connectivity index (χ0) is 17.1. The molecular weight excluding hydrogens is 325 g/mol. The van der Waals surface area contributed by atoms with E-state index in [2.05, 4.69) is 0 Å². The van der Waals surface area contributed by atoms with Crippen molar-refractivity contribution < 1.29 is 13.9 Å². The standard InChI is InChI=1S/C19H18FNO2S/c1-13-4-3-5-16(10-13)23-9-8-21(2)19(22)18-11-14-6-7-15(20)12-17(14)24-18/h3-7,10-12H,8-9H2,1-2H3. The van der Waals surface area contributed by atoms with Gasteiger partial charge in [-0.3, -0.25) is 4.79 Å². The predicted molar refractivity (Wildman–Crippen MR) is 95.4 cm³/mol. The number of hydrogen-bond acceptors (Lipinski definition) is 3. The van der Waals surface area contributed by atoms with E-state index in [0.717, 1.165) is 21.4 Å². The molecule has 2 aromatic carbocycles. The van der Waals surface area contributed by atoms with Gasteiger partial charge in [-0.2, -0.15) is 0 Å². The highest BCUT2D eigenvalue weighted by atomic mass is 32.1. The van der Waals surface area contributed by atoms with E-state index in [-0.39, 0.29) is 11.7 Å². The van der Waals surface area contributed by atoms with Crippen LogP contribution in [-0.2, 0) is 0 Å². The van der Waals surface area contributed by atoms with Crippen LogP contribution < -0.4 is 4.74 Å². The molecule has 0 atom stereocenters. The van der Waals surface area contributed by atoms with Gasteiger partial charge in [-0.25, -0.2) is 4.39 Å². The first-order chi connectivity index (χ1) is 11.5. The summed E-state index contributed by atoms with van der Waals surface area (Å²) < 4.78 is 19.7. The van der Waals surface area contributed by atoms with Crippen molar-refractivity contribution in [1.29, 1.82) is 0 Å². The quantitative estimate of drug-likeness (QED) is 0.683. The molecule has 0 radical (unpaired) electrons. The van der Waals surface area contributed by atoms with Gasteiger partial charge in [0.05, 0.1) is 11.4 Å². The van der Waals surface area contributed by atoms with Gasteiger partial charge >= 0.3 is 0 Å². The topological polar surface area (TPSA) is 29.5 Å². The van der Waals surface area contributed by atoms with Crippen LogP contribution in [0.2, 0.25) is 0 Å². The molecule has 1 amide bonds. The van der Waals surface area contributed by atoms with E-state index in [0.29, 0.717) is 18.0 Å². The number of fused-ring (bicyclic) bond motifs is 1. The van der Waals surface area contributed by atoms with E-state index in [1.807, 2.05) is 31.2 Å². The molecule has 0 fully saturated rings. The van der Waals surface area contributed by atoms with Crippen LogP contribution in [0.4, 0.5) is 4.39 Å². The summed E-state index contributed by atoms with van der Waals surface area (Å²) in [4.78, 5) is 14.7. The molecule has 124 valence electrons. The molecule has 3 nitrogen and oxygen atoms in total. The van der Waals surface area contributed by atoms with Crippen molar-refractivity contribution in [2.75, 3.05) is 20.2 Å². The van der Waals surface area contributed by atoms with Crippen molar-refractivity contribution in [3.8, 4) is 5.75 Å². The number of thiophene rings is 1. The number of ether oxygens (including phenoxy) is 1. The smallest absolute Gasteiger partial charge is 0.263 e. The molecule has 0 spiro atoms. The maximum Gasteiger partial charge on any atom is 0.263 e. The fourth-order valence-corrected chi connectivity index (χ4v) is 3.49. The molecule has 0 unspecified atom stereocenters. The second-order valence-corrected chi connectivity index (χ2v) is 6.77. The highest BCUT2D eigenvalue weighted by Gasteiger charge is 2.15. The second-order valence-electron chi connectivity index (χ2n) is 5.68. The van der Waals surface area contributed by atoms with Crippen LogP contribution in [0.15, 0.2) is 48.5 Å². The first-order valence-electron chi connectivity index (χ1n) is 7.67. The number of carbonyl (C=O) groups excluding carboxylic acids is 1. The van der Waals surface area contributed by atoms with Gasteiger partial charge < -0.3 is 9.64 Å². The maximum absolute atomic E-state index is 13.3. The molecule has 0 N–H and O–H groups in total. The van der Waals surface area contributed by atoms with Gasteiger partial charge in [-0.1, -0.05) is 18.2 Å². The minimum Gasteiger partial charge on any atom is -0.492 e. The van der Waals surface area contributed by atoms with E-state index in [4.69, 9.17) is 4.74 Å². The Morgan fingerprint density at radius 1 is 1.21 bits per heavy atom. The number of amides is 1. The fourth-order valence-electron chi connectivity index (χ4n) is 2.41. The fraction of sp³-hybridized carbons (Fsp3) is 0.211. The maximum atomic E-state index is 13.3. The lowest BCUT2D eigenvalue weighted by atomic mass is 10.2. The second kappa shape index (κ2) is 7.01.